The van der Waals surface area contributed by atoms with Crippen LogP contribution in [0.1, 0.15) is 27.2 Å². The van der Waals surface area contributed by atoms with Crippen molar-refractivity contribution in [3.8, 4) is 11.5 Å². The van der Waals surface area contributed by atoms with Crippen LogP contribution in [0, 0.1) is 0 Å². The van der Waals surface area contributed by atoms with Gasteiger partial charge in [0.1, 0.15) is 11.5 Å². The van der Waals surface area contributed by atoms with Gasteiger partial charge in [-0.25, -0.2) is 0 Å². The second-order valence-corrected chi connectivity index (χ2v) is 6.53. The van der Waals surface area contributed by atoms with Crippen LogP contribution in [0.25, 0.3) is 0 Å². The van der Waals surface area contributed by atoms with Gasteiger partial charge >= 0.3 is 0 Å². The summed E-state index contributed by atoms with van der Waals surface area (Å²) in [5.74, 6) is 2.13. The molecule has 0 heterocycles. The molecule has 8 heteroatoms. The van der Waals surface area contributed by atoms with Crippen LogP contribution in [-0.4, -0.2) is 51.3 Å². The summed E-state index contributed by atoms with van der Waals surface area (Å²) >= 11 is 0. The summed E-state index contributed by atoms with van der Waals surface area (Å²) in [6.45, 7) is 7.29. The molecule has 0 bridgehead atoms. The highest BCUT2D eigenvalue weighted by Crippen LogP contribution is 2.16. The third-order valence-electron chi connectivity index (χ3n) is 3.10. The van der Waals surface area contributed by atoms with Crippen molar-refractivity contribution in [2.24, 2.45) is 4.99 Å². The highest BCUT2D eigenvalue weighted by atomic mass is 127. The summed E-state index contributed by atoms with van der Waals surface area (Å²) in [5, 5.41) is 9.02. The van der Waals surface area contributed by atoms with Gasteiger partial charge in [0.2, 0.25) is 5.91 Å². The Morgan fingerprint density at radius 2 is 1.73 bits per heavy atom. The van der Waals surface area contributed by atoms with E-state index in [-0.39, 0.29) is 42.0 Å². The molecule has 3 N–H and O–H groups in total. The predicted molar refractivity (Wildman–Crippen MR) is 116 cm³/mol. The summed E-state index contributed by atoms with van der Waals surface area (Å²) < 4.78 is 10.8. The van der Waals surface area contributed by atoms with E-state index < -0.39 is 0 Å². The Kier molecular flexibility index (Phi) is 11.8. The highest BCUT2D eigenvalue weighted by molar-refractivity contribution is 14.0. The van der Waals surface area contributed by atoms with Crippen LogP contribution in [0.2, 0.25) is 0 Å². The van der Waals surface area contributed by atoms with Crippen LogP contribution in [0.3, 0.4) is 0 Å². The molecule has 0 spiro atoms. The second kappa shape index (κ2) is 12.6. The van der Waals surface area contributed by atoms with Crippen LogP contribution in [0.5, 0.6) is 11.5 Å². The molecule has 0 atom stereocenters. The molecule has 1 amide bonds. The zero-order valence-corrected chi connectivity index (χ0v) is 18.5. The molecule has 0 radical (unpaired) electrons. The zero-order chi connectivity index (χ0) is 18.7. The number of ether oxygens (including phenoxy) is 2. The number of carbonyl (C=O) groups is 1. The number of methoxy groups -OCH3 is 1. The number of nitrogens with zero attached hydrogens (tertiary/aromatic N) is 1. The number of hydrogen-bond donors (Lipinski definition) is 3. The number of nitrogens with one attached hydrogen (secondary N) is 3. The average Bonchev–Trinajstić information content (AvgIpc) is 2.56. The minimum atomic E-state index is -0.242. The van der Waals surface area contributed by atoms with Crippen LogP contribution < -0.4 is 25.4 Å². The van der Waals surface area contributed by atoms with E-state index in [1.807, 2.05) is 45.0 Å². The smallest absolute Gasteiger partial charge is 0.239 e. The summed E-state index contributed by atoms with van der Waals surface area (Å²) in [5.41, 5.74) is -0.242. The van der Waals surface area contributed by atoms with Crippen LogP contribution in [-0.2, 0) is 4.79 Å². The van der Waals surface area contributed by atoms with E-state index in [4.69, 9.17) is 9.47 Å². The normalized spacial score (nSPS) is 11.2. The molecule has 7 nitrogen and oxygen atoms in total. The SMILES string of the molecule is CN=C(NCCCOc1ccc(OC)cc1)NCC(=O)NC(C)(C)C.I. The standard InChI is InChI=1S/C18H30N4O3.HI/c1-18(2,3)22-16(23)13-21-17(19-4)20-11-6-12-25-15-9-7-14(24-5)8-10-15;/h7-10H,6,11-13H2,1-5H3,(H,22,23)(H2,19,20,21);1H. The van der Waals surface area contributed by atoms with Crippen molar-refractivity contribution in [1.82, 2.24) is 16.0 Å². The first-order valence-electron chi connectivity index (χ1n) is 8.36. The Hall–Kier alpha value is -1.71. The maximum absolute atomic E-state index is 11.8. The van der Waals surface area contributed by atoms with E-state index in [0.29, 0.717) is 19.1 Å². The molecule has 1 aromatic carbocycles. The number of amides is 1. The van der Waals surface area contributed by atoms with Crippen molar-refractivity contribution < 1.29 is 14.3 Å². The Bertz CT molecular complexity index is 557. The molecule has 0 saturated heterocycles. The zero-order valence-electron chi connectivity index (χ0n) is 16.2. The molecular formula is C18H31IN4O3. The number of guanidine groups is 1. The van der Waals surface area contributed by atoms with Crippen LogP contribution in [0.4, 0.5) is 0 Å². The fourth-order valence-electron chi connectivity index (χ4n) is 1.99. The molecular weight excluding hydrogens is 447 g/mol. The fourth-order valence-corrected chi connectivity index (χ4v) is 1.99. The monoisotopic (exact) mass is 478 g/mol. The molecule has 1 rings (SSSR count). The summed E-state index contributed by atoms with van der Waals surface area (Å²) in [6, 6.07) is 7.48. The van der Waals surface area contributed by atoms with E-state index >= 15 is 0 Å². The third kappa shape index (κ3) is 11.0. The minimum Gasteiger partial charge on any atom is -0.497 e. The third-order valence-corrected chi connectivity index (χ3v) is 3.10. The Morgan fingerprint density at radius 1 is 1.12 bits per heavy atom. The molecule has 0 aliphatic rings. The van der Waals surface area contributed by atoms with Gasteiger partial charge in [0.25, 0.3) is 0 Å². The lowest BCUT2D eigenvalue weighted by atomic mass is 10.1. The van der Waals surface area contributed by atoms with Crippen molar-refractivity contribution in [3.05, 3.63) is 24.3 Å². The molecule has 0 saturated carbocycles. The molecule has 0 aromatic heterocycles. The Labute approximate surface area is 173 Å². The Balaban J connectivity index is 0.00000625. The fraction of sp³-hybridized carbons (Fsp3) is 0.556. The van der Waals surface area contributed by atoms with Crippen LogP contribution in [0.15, 0.2) is 29.3 Å². The van der Waals surface area contributed by atoms with Crippen molar-refractivity contribution in [1.29, 1.82) is 0 Å². The summed E-state index contributed by atoms with van der Waals surface area (Å²) in [7, 11) is 3.31. The van der Waals surface area contributed by atoms with Crippen molar-refractivity contribution in [2.75, 3.05) is 33.9 Å². The second-order valence-electron chi connectivity index (χ2n) is 6.53. The molecule has 0 aliphatic carbocycles. The first-order chi connectivity index (χ1) is 11.8. The van der Waals surface area contributed by atoms with Crippen LogP contribution >= 0.6 is 24.0 Å². The van der Waals surface area contributed by atoms with Crippen molar-refractivity contribution in [3.63, 3.8) is 0 Å². The lowest BCUT2D eigenvalue weighted by Gasteiger charge is -2.21. The number of aliphatic imine (C=N–C) groups is 1. The number of halogens is 1. The minimum absolute atomic E-state index is 0. The first-order valence-corrected chi connectivity index (χ1v) is 8.36. The summed E-state index contributed by atoms with van der Waals surface area (Å²) in [4.78, 5) is 15.9. The lowest BCUT2D eigenvalue weighted by molar-refractivity contribution is -0.121. The largest absolute Gasteiger partial charge is 0.497 e. The number of hydrogen-bond acceptors (Lipinski definition) is 4. The maximum Gasteiger partial charge on any atom is 0.239 e. The number of benzene rings is 1. The van der Waals surface area contributed by atoms with Gasteiger partial charge in [-0.1, -0.05) is 0 Å². The van der Waals surface area contributed by atoms with E-state index in [1.54, 1.807) is 14.2 Å². The average molecular weight is 478 g/mol. The molecule has 26 heavy (non-hydrogen) atoms. The lowest BCUT2D eigenvalue weighted by Crippen LogP contribution is -2.48. The van der Waals surface area contributed by atoms with Gasteiger partial charge in [-0.3, -0.25) is 9.79 Å². The van der Waals surface area contributed by atoms with Crippen molar-refractivity contribution >= 4 is 35.8 Å². The first kappa shape index (κ1) is 24.3. The quantitative estimate of drug-likeness (QED) is 0.231. The molecule has 1 aromatic rings. The Morgan fingerprint density at radius 3 is 2.27 bits per heavy atom. The van der Waals surface area contributed by atoms with Gasteiger partial charge < -0.3 is 25.4 Å². The van der Waals surface area contributed by atoms with Gasteiger partial charge in [-0.15, -0.1) is 24.0 Å². The van der Waals surface area contributed by atoms with E-state index in [1.165, 1.54) is 0 Å². The molecule has 0 unspecified atom stereocenters. The summed E-state index contributed by atoms with van der Waals surface area (Å²) in [6.07, 6.45) is 0.806. The predicted octanol–water partition coefficient (Wildman–Crippen LogP) is 2.16. The van der Waals surface area contributed by atoms with Gasteiger partial charge in [0.05, 0.1) is 20.3 Å². The van der Waals surface area contributed by atoms with Gasteiger partial charge in [-0.2, -0.15) is 0 Å². The van der Waals surface area contributed by atoms with Gasteiger partial charge in [-0.05, 0) is 51.5 Å². The molecule has 0 fully saturated rings. The van der Waals surface area contributed by atoms with Crippen molar-refractivity contribution in [2.45, 2.75) is 32.7 Å². The highest BCUT2D eigenvalue weighted by Gasteiger charge is 2.13. The maximum atomic E-state index is 11.8. The molecule has 0 aliphatic heterocycles. The van der Waals surface area contributed by atoms with E-state index in [0.717, 1.165) is 17.9 Å². The molecule has 148 valence electrons. The van der Waals surface area contributed by atoms with E-state index in [2.05, 4.69) is 20.9 Å². The topological polar surface area (TPSA) is 84.0 Å². The van der Waals surface area contributed by atoms with E-state index in [9.17, 15) is 4.79 Å². The van der Waals surface area contributed by atoms with Gasteiger partial charge in [0.15, 0.2) is 5.96 Å². The van der Waals surface area contributed by atoms with Gasteiger partial charge in [0, 0.05) is 19.1 Å². The number of carbonyl (C=O) groups excluding carboxylic acids is 1. The number of rotatable bonds is 8.